The van der Waals surface area contributed by atoms with Gasteiger partial charge in [-0.15, -0.1) is 0 Å². The van der Waals surface area contributed by atoms with Crippen LogP contribution in [0.25, 0.3) is 0 Å². The number of alkyl halides is 1. The van der Waals surface area contributed by atoms with Gasteiger partial charge in [-0.2, -0.15) is 0 Å². The third-order valence-corrected chi connectivity index (χ3v) is 5.76. The summed E-state index contributed by atoms with van der Waals surface area (Å²) < 4.78 is 0.444. The minimum Gasteiger partial charge on any atom is -0.294 e. The molecular weight excluding hydrogens is 336 g/mol. The van der Waals surface area contributed by atoms with Crippen molar-refractivity contribution in [3.05, 3.63) is 22.7 Å². The molecule has 84 valence electrons. The van der Waals surface area contributed by atoms with Crippen molar-refractivity contribution < 1.29 is 9.59 Å². The van der Waals surface area contributed by atoms with Crippen LogP contribution in [0.4, 0.5) is 0 Å². The molecule has 0 amide bonds. The van der Waals surface area contributed by atoms with Crippen molar-refractivity contribution >= 4 is 43.4 Å². The monoisotopic (exact) mass is 344 g/mol. The average Bonchev–Trinajstić information content (AvgIpc) is 2.84. The van der Waals surface area contributed by atoms with Gasteiger partial charge in [0.15, 0.2) is 11.6 Å². The molecule has 0 heterocycles. The fraction of sp³-hybridized carbons (Fsp3) is 0.500. The van der Waals surface area contributed by atoms with E-state index < -0.39 is 5.41 Å². The quantitative estimate of drug-likeness (QED) is 0.540. The van der Waals surface area contributed by atoms with Gasteiger partial charge in [0.05, 0.1) is 9.90 Å². The molecule has 0 spiro atoms. The first kappa shape index (κ1) is 10.9. The molecule has 16 heavy (non-hydrogen) atoms. The van der Waals surface area contributed by atoms with Crippen LogP contribution in [0.5, 0.6) is 0 Å². The van der Waals surface area contributed by atoms with Crippen molar-refractivity contribution in [2.75, 3.05) is 5.33 Å². The first-order valence-corrected chi connectivity index (χ1v) is 7.23. The highest BCUT2D eigenvalue weighted by Gasteiger charge is 2.63. The summed E-state index contributed by atoms with van der Waals surface area (Å²) in [6.07, 6.45) is 6.63. The van der Waals surface area contributed by atoms with E-state index in [0.29, 0.717) is 9.81 Å². The Kier molecular flexibility index (Phi) is 2.31. The van der Waals surface area contributed by atoms with Crippen molar-refractivity contribution in [1.82, 2.24) is 0 Å². The molecule has 3 aliphatic rings. The third-order valence-electron chi connectivity index (χ3n) is 4.22. The fourth-order valence-corrected chi connectivity index (χ4v) is 4.95. The SMILES string of the molecule is O=C1C(Br)=CC(=O)C2(CBr)C3C=CC(C3)C12. The van der Waals surface area contributed by atoms with Crippen LogP contribution >= 0.6 is 31.9 Å². The van der Waals surface area contributed by atoms with Crippen LogP contribution in [0.15, 0.2) is 22.7 Å². The molecule has 0 aromatic carbocycles. The Morgan fingerprint density at radius 2 is 2.12 bits per heavy atom. The van der Waals surface area contributed by atoms with Gasteiger partial charge in [-0.25, -0.2) is 0 Å². The maximum Gasteiger partial charge on any atom is 0.174 e. The smallest absolute Gasteiger partial charge is 0.174 e. The zero-order valence-corrected chi connectivity index (χ0v) is 11.6. The fourth-order valence-electron chi connectivity index (χ4n) is 3.45. The molecule has 0 N–H and O–H groups in total. The Balaban J connectivity index is 2.20. The molecule has 0 aromatic heterocycles. The minimum atomic E-state index is -0.506. The molecular formula is C12H10Br2O2. The topological polar surface area (TPSA) is 34.1 Å². The number of hydrogen-bond donors (Lipinski definition) is 0. The Hall–Kier alpha value is -0.220. The zero-order chi connectivity index (χ0) is 11.5. The number of carbonyl (C=O) groups excluding carboxylic acids is 2. The number of allylic oxidation sites excluding steroid dienone is 4. The number of Topliss-reactive ketones (excluding diaryl/α,β-unsaturated/α-hetero) is 1. The Labute approximate surface area is 110 Å². The Morgan fingerprint density at radius 1 is 1.38 bits per heavy atom. The summed E-state index contributed by atoms with van der Waals surface area (Å²) in [6, 6.07) is 0. The third kappa shape index (κ3) is 1.07. The highest BCUT2D eigenvalue weighted by molar-refractivity contribution is 9.12. The van der Waals surface area contributed by atoms with E-state index in [4.69, 9.17) is 0 Å². The largest absolute Gasteiger partial charge is 0.294 e. The van der Waals surface area contributed by atoms with E-state index in [1.165, 1.54) is 6.08 Å². The molecule has 2 bridgehead atoms. The summed E-state index contributed by atoms with van der Waals surface area (Å²) in [4.78, 5) is 24.4. The highest BCUT2D eigenvalue weighted by atomic mass is 79.9. The van der Waals surface area contributed by atoms with Gasteiger partial charge in [-0.3, -0.25) is 9.59 Å². The van der Waals surface area contributed by atoms with Crippen molar-refractivity contribution in [3.8, 4) is 0 Å². The summed E-state index contributed by atoms with van der Waals surface area (Å²) in [6.45, 7) is 0. The second-order valence-corrected chi connectivity index (χ2v) is 6.18. The van der Waals surface area contributed by atoms with E-state index in [1.807, 2.05) is 0 Å². The highest BCUT2D eigenvalue weighted by Crippen LogP contribution is 2.60. The summed E-state index contributed by atoms with van der Waals surface area (Å²) >= 11 is 6.65. The molecule has 4 heteroatoms. The maximum atomic E-state index is 12.3. The standard InChI is InChI=1S/C12H10Br2O2/c13-5-12-7-2-1-6(3-7)10(12)11(16)8(14)4-9(12)15/h1-2,4,6-7,10H,3,5H2. The molecule has 0 aromatic rings. The summed E-state index contributed by atoms with van der Waals surface area (Å²) in [5.74, 6) is 0.512. The molecule has 4 atom stereocenters. The van der Waals surface area contributed by atoms with Crippen LogP contribution in [0.3, 0.4) is 0 Å². The summed E-state index contributed by atoms with van der Waals surface area (Å²) in [7, 11) is 0. The molecule has 0 saturated heterocycles. The van der Waals surface area contributed by atoms with E-state index in [2.05, 4.69) is 44.0 Å². The van der Waals surface area contributed by atoms with Crippen LogP contribution in [0.1, 0.15) is 6.42 Å². The van der Waals surface area contributed by atoms with Crippen LogP contribution in [-0.2, 0) is 9.59 Å². The molecule has 0 aliphatic heterocycles. The first-order valence-electron chi connectivity index (χ1n) is 5.31. The van der Waals surface area contributed by atoms with Gasteiger partial charge in [-0.05, 0) is 40.3 Å². The predicted molar refractivity (Wildman–Crippen MR) is 67.5 cm³/mol. The Bertz CT molecular complexity index is 452. The van der Waals surface area contributed by atoms with Gasteiger partial charge in [0.2, 0.25) is 0 Å². The van der Waals surface area contributed by atoms with Crippen LogP contribution < -0.4 is 0 Å². The van der Waals surface area contributed by atoms with Crippen molar-refractivity contribution in [2.45, 2.75) is 6.42 Å². The number of ketones is 2. The van der Waals surface area contributed by atoms with Gasteiger partial charge in [0.1, 0.15) is 0 Å². The average molecular weight is 346 g/mol. The van der Waals surface area contributed by atoms with Gasteiger partial charge < -0.3 is 0 Å². The van der Waals surface area contributed by atoms with Crippen LogP contribution in [0, 0.1) is 23.2 Å². The van der Waals surface area contributed by atoms with Gasteiger partial charge in [0.25, 0.3) is 0 Å². The predicted octanol–water partition coefficient (Wildman–Crippen LogP) is 2.62. The zero-order valence-electron chi connectivity index (χ0n) is 8.45. The molecule has 3 rings (SSSR count). The lowest BCUT2D eigenvalue weighted by Crippen LogP contribution is -2.49. The minimum absolute atomic E-state index is 0.0934. The van der Waals surface area contributed by atoms with Crippen LogP contribution in [-0.4, -0.2) is 16.9 Å². The Morgan fingerprint density at radius 3 is 2.81 bits per heavy atom. The molecule has 0 radical (unpaired) electrons. The van der Waals surface area contributed by atoms with Crippen molar-refractivity contribution in [2.24, 2.45) is 23.2 Å². The summed E-state index contributed by atoms with van der Waals surface area (Å²) in [5.41, 5.74) is -0.506. The number of carbonyl (C=O) groups is 2. The van der Waals surface area contributed by atoms with E-state index in [9.17, 15) is 9.59 Å². The summed E-state index contributed by atoms with van der Waals surface area (Å²) in [5, 5.41) is 0.581. The molecule has 4 unspecified atom stereocenters. The lowest BCUT2D eigenvalue weighted by atomic mass is 9.63. The number of fused-ring (bicyclic) bond motifs is 5. The van der Waals surface area contributed by atoms with Gasteiger partial charge >= 0.3 is 0 Å². The van der Waals surface area contributed by atoms with E-state index in [-0.39, 0.29) is 29.3 Å². The number of hydrogen-bond acceptors (Lipinski definition) is 2. The lowest BCUT2D eigenvalue weighted by Gasteiger charge is -2.40. The second kappa shape index (κ2) is 3.39. The molecule has 2 nitrogen and oxygen atoms in total. The second-order valence-electron chi connectivity index (χ2n) is 4.76. The first-order chi connectivity index (χ1) is 7.61. The van der Waals surface area contributed by atoms with Gasteiger partial charge in [0, 0.05) is 11.2 Å². The van der Waals surface area contributed by atoms with E-state index in [0.717, 1.165) is 6.42 Å². The van der Waals surface area contributed by atoms with Gasteiger partial charge in [-0.1, -0.05) is 28.1 Å². The lowest BCUT2D eigenvalue weighted by molar-refractivity contribution is -0.135. The van der Waals surface area contributed by atoms with Crippen LogP contribution in [0.2, 0.25) is 0 Å². The molecule has 1 fully saturated rings. The van der Waals surface area contributed by atoms with E-state index in [1.54, 1.807) is 0 Å². The van der Waals surface area contributed by atoms with Crippen molar-refractivity contribution in [3.63, 3.8) is 0 Å². The molecule has 3 aliphatic carbocycles. The molecule has 1 saturated carbocycles. The van der Waals surface area contributed by atoms with E-state index >= 15 is 0 Å². The normalized spacial score (nSPS) is 44.9. The number of rotatable bonds is 1. The number of halogens is 2. The maximum absolute atomic E-state index is 12.3. The van der Waals surface area contributed by atoms with Crippen molar-refractivity contribution in [1.29, 1.82) is 0 Å².